The van der Waals surface area contributed by atoms with Gasteiger partial charge in [0.05, 0.1) is 11.4 Å². The minimum Gasteiger partial charge on any atom is -0.490 e. The Hall–Kier alpha value is -6.76. The van der Waals surface area contributed by atoms with Crippen molar-refractivity contribution in [2.24, 2.45) is 0 Å². The van der Waals surface area contributed by atoms with Gasteiger partial charge in [-0.3, -0.25) is 0 Å². The molecule has 0 radical (unpaired) electrons. The van der Waals surface area contributed by atoms with Crippen LogP contribution < -0.4 is 19.3 Å². The predicted octanol–water partition coefficient (Wildman–Crippen LogP) is 7.95. The number of hydrogen-bond acceptors (Lipinski definition) is 12. The fourth-order valence-electron chi connectivity index (χ4n) is 8.09. The topological polar surface area (TPSA) is 110 Å². The van der Waals surface area contributed by atoms with Gasteiger partial charge in [-0.2, -0.15) is 0 Å². The molecule has 4 heterocycles. The van der Waals surface area contributed by atoms with Crippen molar-refractivity contribution in [3.05, 3.63) is 132 Å². The summed E-state index contributed by atoms with van der Waals surface area (Å²) in [6, 6.07) is 36.2. The third-order valence-corrected chi connectivity index (χ3v) is 11.7. The molecule has 2 saturated heterocycles. The van der Waals surface area contributed by atoms with E-state index in [1.165, 1.54) is 0 Å². The lowest BCUT2D eigenvalue weighted by Gasteiger charge is -2.35. The molecule has 4 aromatic carbocycles. The first-order valence-electron chi connectivity index (χ1n) is 22.3. The van der Waals surface area contributed by atoms with Gasteiger partial charge in [-0.1, -0.05) is 98.8 Å². The second-order valence-electron chi connectivity index (χ2n) is 15.8. The maximum Gasteiger partial charge on any atom is 0.417 e. The molecule has 8 rings (SSSR count). The van der Waals surface area contributed by atoms with Gasteiger partial charge in [0, 0.05) is 63.1 Å². The normalized spacial score (nSPS) is 15.0. The van der Waals surface area contributed by atoms with Crippen LogP contribution in [0.1, 0.15) is 36.4 Å². The van der Waals surface area contributed by atoms with Gasteiger partial charge in [-0.05, 0) is 83.5 Å². The van der Waals surface area contributed by atoms with E-state index in [-0.39, 0.29) is 26.4 Å². The Morgan fingerprint density at radius 1 is 0.500 bits per heavy atom. The van der Waals surface area contributed by atoms with E-state index < -0.39 is 11.9 Å². The molecule has 2 fully saturated rings. The van der Waals surface area contributed by atoms with Gasteiger partial charge in [0.15, 0.2) is 0 Å². The van der Waals surface area contributed by atoms with Crippen molar-refractivity contribution >= 4 is 69.4 Å². The average Bonchev–Trinajstić information content (AvgIpc) is 3.35. The van der Waals surface area contributed by atoms with Crippen molar-refractivity contribution in [3.63, 3.8) is 0 Å². The summed E-state index contributed by atoms with van der Waals surface area (Å²) >= 11 is 0. The van der Waals surface area contributed by atoms with Gasteiger partial charge in [0.1, 0.15) is 49.6 Å². The third kappa shape index (κ3) is 11.4. The van der Waals surface area contributed by atoms with Crippen LogP contribution in [0, 0.1) is 0 Å². The molecule has 0 saturated carbocycles. The molecule has 330 valence electrons. The zero-order valence-corrected chi connectivity index (χ0v) is 36.7. The number of benzene rings is 4. The lowest BCUT2D eigenvalue weighted by Crippen LogP contribution is -2.46. The lowest BCUT2D eigenvalue weighted by atomic mass is 10.1. The standard InChI is InChI=1S/C52H56N6O6/c1-3-55-23-27-57(28-24-55)49-47-17-7-5-13-41(47)37-43(53-49)21-19-39-11-9-15-45(35-39)61-31-33-63-51(59)52(60)64-34-32-62-46-16-10-12-40(36-46)20-22-44-38-42-14-6-8-18-48(42)50(54-44)58-29-25-56(4-2)26-30-58/h5-22,35-38H,3-4,23-34H2,1-2H3. The molecule has 2 aliphatic heterocycles. The fraction of sp³-hybridized carbons (Fsp3) is 0.308. The molecule has 6 aromatic rings. The SMILES string of the molecule is CCN1CCN(c2nc(C=Cc3cccc(OCCOC(=O)C(=O)OCCOc4cccc(C=Cc5cc6ccccc6c(N6CCN(CC)CC6)n5)c4)c3)cc3ccccc23)CC1. The van der Waals surface area contributed by atoms with E-state index >= 15 is 0 Å². The van der Waals surface area contributed by atoms with Gasteiger partial charge in [0.25, 0.3) is 0 Å². The van der Waals surface area contributed by atoms with Crippen molar-refractivity contribution in [1.29, 1.82) is 0 Å². The molecule has 0 unspecified atom stereocenters. The van der Waals surface area contributed by atoms with Crippen molar-refractivity contribution in [1.82, 2.24) is 19.8 Å². The van der Waals surface area contributed by atoms with Gasteiger partial charge in [0.2, 0.25) is 0 Å². The number of carbonyl (C=O) groups excluding carboxylic acids is 2. The minimum atomic E-state index is -1.09. The quantitative estimate of drug-likeness (QED) is 0.0536. The third-order valence-electron chi connectivity index (χ3n) is 11.7. The molecule has 2 aromatic heterocycles. The van der Waals surface area contributed by atoms with Crippen LogP contribution in [0.4, 0.5) is 11.6 Å². The van der Waals surface area contributed by atoms with Crippen LogP contribution in [0.5, 0.6) is 11.5 Å². The van der Waals surface area contributed by atoms with Gasteiger partial charge in [-0.25, -0.2) is 19.6 Å². The predicted molar refractivity (Wildman–Crippen MR) is 256 cm³/mol. The van der Waals surface area contributed by atoms with Crippen molar-refractivity contribution in [3.8, 4) is 11.5 Å². The number of esters is 2. The van der Waals surface area contributed by atoms with E-state index in [0.717, 1.165) is 121 Å². The summed E-state index contributed by atoms with van der Waals surface area (Å²) in [6.07, 6.45) is 8.04. The summed E-state index contributed by atoms with van der Waals surface area (Å²) in [5.74, 6) is 1.07. The molecular weight excluding hydrogens is 805 g/mol. The van der Waals surface area contributed by atoms with E-state index in [4.69, 9.17) is 28.9 Å². The second-order valence-corrected chi connectivity index (χ2v) is 15.8. The zero-order valence-electron chi connectivity index (χ0n) is 36.7. The Bertz CT molecular complexity index is 2420. The number of anilines is 2. The Kier molecular flexibility index (Phi) is 14.8. The van der Waals surface area contributed by atoms with Crippen molar-refractivity contribution < 1.29 is 28.5 Å². The Balaban J connectivity index is 0.769. The maximum atomic E-state index is 12.3. The van der Waals surface area contributed by atoms with Crippen LogP contribution in [-0.2, 0) is 19.1 Å². The maximum absolute atomic E-state index is 12.3. The molecule has 0 aliphatic carbocycles. The largest absolute Gasteiger partial charge is 0.490 e. The molecule has 0 amide bonds. The van der Waals surface area contributed by atoms with Crippen LogP contribution in [0.2, 0.25) is 0 Å². The number of hydrogen-bond donors (Lipinski definition) is 0. The number of likely N-dealkylation sites (N-methyl/N-ethyl adjacent to an activating group) is 2. The van der Waals surface area contributed by atoms with Gasteiger partial charge < -0.3 is 38.5 Å². The monoisotopic (exact) mass is 860 g/mol. The Morgan fingerprint density at radius 3 is 1.34 bits per heavy atom. The average molecular weight is 861 g/mol. The Morgan fingerprint density at radius 2 is 0.922 bits per heavy atom. The van der Waals surface area contributed by atoms with E-state index in [1.807, 2.05) is 72.8 Å². The minimum absolute atomic E-state index is 0.0649. The smallest absolute Gasteiger partial charge is 0.417 e. The summed E-state index contributed by atoms with van der Waals surface area (Å²) in [6.45, 7) is 14.3. The first-order chi connectivity index (χ1) is 31.4. The molecule has 0 spiro atoms. The highest BCUT2D eigenvalue weighted by atomic mass is 16.6. The van der Waals surface area contributed by atoms with E-state index in [1.54, 1.807) is 0 Å². The molecule has 0 bridgehead atoms. The molecule has 0 N–H and O–H groups in total. The summed E-state index contributed by atoms with van der Waals surface area (Å²) in [5.41, 5.74) is 3.62. The highest BCUT2D eigenvalue weighted by Gasteiger charge is 2.21. The summed E-state index contributed by atoms with van der Waals surface area (Å²) < 4.78 is 21.9. The zero-order chi connectivity index (χ0) is 44.1. The number of piperazine rings is 2. The summed E-state index contributed by atoms with van der Waals surface area (Å²) in [5, 5.41) is 4.62. The number of aromatic nitrogens is 2. The molecule has 12 nitrogen and oxygen atoms in total. The first kappa shape index (κ1) is 43.9. The van der Waals surface area contributed by atoms with Gasteiger partial charge in [-0.15, -0.1) is 0 Å². The summed E-state index contributed by atoms with van der Waals surface area (Å²) in [4.78, 5) is 44.5. The van der Waals surface area contributed by atoms with E-state index in [9.17, 15) is 9.59 Å². The number of pyridine rings is 2. The first-order valence-corrected chi connectivity index (χ1v) is 22.3. The van der Waals surface area contributed by atoms with Crippen LogP contribution in [-0.4, -0.2) is 124 Å². The number of carbonyl (C=O) groups is 2. The van der Waals surface area contributed by atoms with Crippen LogP contribution in [0.25, 0.3) is 45.8 Å². The molecule has 2 aliphatic rings. The molecular formula is C52H56N6O6. The number of ether oxygens (including phenoxy) is 4. The highest BCUT2D eigenvalue weighted by molar-refractivity contribution is 6.29. The molecule has 0 atom stereocenters. The van der Waals surface area contributed by atoms with Crippen molar-refractivity contribution in [2.75, 3.05) is 102 Å². The molecule has 12 heteroatoms. The molecule has 64 heavy (non-hydrogen) atoms. The highest BCUT2D eigenvalue weighted by Crippen LogP contribution is 2.29. The van der Waals surface area contributed by atoms with Gasteiger partial charge >= 0.3 is 11.9 Å². The Labute approximate surface area is 375 Å². The van der Waals surface area contributed by atoms with Crippen molar-refractivity contribution in [2.45, 2.75) is 13.8 Å². The van der Waals surface area contributed by atoms with Crippen LogP contribution in [0.15, 0.2) is 109 Å². The van der Waals surface area contributed by atoms with E-state index in [2.05, 4.69) is 94.1 Å². The fourth-order valence-corrected chi connectivity index (χ4v) is 8.09. The number of rotatable bonds is 16. The number of nitrogens with zero attached hydrogens (tertiary/aromatic N) is 6. The number of fused-ring (bicyclic) bond motifs is 2. The second kappa shape index (κ2) is 21.5. The summed E-state index contributed by atoms with van der Waals surface area (Å²) in [7, 11) is 0. The van der Waals surface area contributed by atoms with Crippen LogP contribution in [0.3, 0.4) is 0 Å². The lowest BCUT2D eigenvalue weighted by molar-refractivity contribution is -0.168. The van der Waals surface area contributed by atoms with E-state index in [0.29, 0.717) is 11.5 Å². The van der Waals surface area contributed by atoms with Crippen LogP contribution >= 0.6 is 0 Å².